The molecule has 3 nitrogen and oxygen atoms in total. The molecule has 2 rings (SSSR count). The Morgan fingerprint density at radius 2 is 1.58 bits per heavy atom. The first kappa shape index (κ1) is 19.2. The third kappa shape index (κ3) is 3.77. The molecule has 0 aromatic carbocycles. The smallest absolute Gasteiger partial charge is 0.399 e. The molecule has 1 aliphatic heterocycles. The average Bonchev–Trinajstić information content (AvgIpc) is 2.65. The van der Waals surface area contributed by atoms with Crippen LogP contribution in [-0.4, -0.2) is 31.4 Å². The lowest BCUT2D eigenvalue weighted by molar-refractivity contribution is 0.00578. The van der Waals surface area contributed by atoms with E-state index in [2.05, 4.69) is 78.0 Å². The van der Waals surface area contributed by atoms with Crippen LogP contribution < -0.4 is 5.46 Å². The van der Waals surface area contributed by atoms with Gasteiger partial charge in [-0.1, -0.05) is 45.9 Å². The Hall–Kier alpha value is -1.09. The summed E-state index contributed by atoms with van der Waals surface area (Å²) in [5.41, 5.74) is 4.57. The highest BCUT2D eigenvalue weighted by atomic mass is 28.3. The molecule has 1 saturated heterocycles. The average molecular weight is 343 g/mol. The highest BCUT2D eigenvalue weighted by Crippen LogP contribution is 2.36. The fourth-order valence-corrected chi connectivity index (χ4v) is 2.82. The van der Waals surface area contributed by atoms with E-state index in [-0.39, 0.29) is 23.4 Å². The highest BCUT2D eigenvalue weighted by molar-refractivity contribution is 6.87. The van der Waals surface area contributed by atoms with Crippen LogP contribution in [0.2, 0.25) is 18.1 Å². The molecule has 5 heteroatoms. The highest BCUT2D eigenvalue weighted by Gasteiger charge is 2.51. The molecule has 130 valence electrons. The summed E-state index contributed by atoms with van der Waals surface area (Å²) >= 11 is 0. The van der Waals surface area contributed by atoms with Crippen LogP contribution in [0.4, 0.5) is 0 Å². The van der Waals surface area contributed by atoms with Gasteiger partial charge in [0.05, 0.1) is 11.2 Å². The molecule has 1 aromatic rings. The van der Waals surface area contributed by atoms with Crippen LogP contribution in [0, 0.1) is 11.5 Å². The standard InChI is InChI=1S/C19H30BNO2Si/c1-17(2,3)24(8,9)13-12-16-11-10-15(14-21-16)20-22-18(4,5)19(6,7)23-20/h10-11,14H,1-9H3. The molecule has 0 amide bonds. The monoisotopic (exact) mass is 343 g/mol. The molecule has 2 heterocycles. The van der Waals surface area contributed by atoms with E-state index in [4.69, 9.17) is 9.31 Å². The van der Waals surface area contributed by atoms with Crippen molar-refractivity contribution >= 4 is 20.7 Å². The zero-order valence-electron chi connectivity index (χ0n) is 16.6. The summed E-state index contributed by atoms with van der Waals surface area (Å²) in [6.45, 7) is 19.6. The van der Waals surface area contributed by atoms with E-state index in [1.807, 2.05) is 18.3 Å². The van der Waals surface area contributed by atoms with Crippen molar-refractivity contribution < 1.29 is 9.31 Å². The topological polar surface area (TPSA) is 31.4 Å². The van der Waals surface area contributed by atoms with E-state index in [1.165, 1.54) is 0 Å². The maximum Gasteiger partial charge on any atom is 0.496 e. The molecule has 1 fully saturated rings. The van der Waals surface area contributed by atoms with E-state index in [0.29, 0.717) is 0 Å². The molecule has 24 heavy (non-hydrogen) atoms. The van der Waals surface area contributed by atoms with Crippen LogP contribution in [0.15, 0.2) is 18.3 Å². The molecule has 0 unspecified atom stereocenters. The predicted octanol–water partition coefficient (Wildman–Crippen LogP) is 3.78. The lowest BCUT2D eigenvalue weighted by atomic mass is 9.80. The van der Waals surface area contributed by atoms with Crippen molar-refractivity contribution in [2.24, 2.45) is 0 Å². The summed E-state index contributed by atoms with van der Waals surface area (Å²) in [6, 6.07) is 3.96. The van der Waals surface area contributed by atoms with Crippen molar-refractivity contribution in [1.29, 1.82) is 0 Å². The third-order valence-electron chi connectivity index (χ3n) is 5.69. The van der Waals surface area contributed by atoms with Gasteiger partial charge in [-0.05, 0) is 38.8 Å². The number of rotatable bonds is 1. The largest absolute Gasteiger partial charge is 0.496 e. The number of aromatic nitrogens is 1. The molecule has 0 N–H and O–H groups in total. The van der Waals surface area contributed by atoms with Crippen LogP contribution in [0.3, 0.4) is 0 Å². The number of pyridine rings is 1. The number of hydrogen-bond donors (Lipinski definition) is 0. The molecule has 0 spiro atoms. The summed E-state index contributed by atoms with van der Waals surface area (Å²) in [5, 5.41) is 0.253. The van der Waals surface area contributed by atoms with Crippen LogP contribution in [0.1, 0.15) is 54.2 Å². The minimum Gasteiger partial charge on any atom is -0.399 e. The lowest BCUT2D eigenvalue weighted by Gasteiger charge is -2.32. The second-order valence-electron chi connectivity index (χ2n) is 9.19. The van der Waals surface area contributed by atoms with Crippen LogP contribution in [-0.2, 0) is 9.31 Å². The molecule has 0 radical (unpaired) electrons. The Labute approximate surface area is 148 Å². The van der Waals surface area contributed by atoms with E-state index in [0.717, 1.165) is 11.2 Å². The quantitative estimate of drug-likeness (QED) is 0.574. The van der Waals surface area contributed by atoms with Crippen molar-refractivity contribution in [3.8, 4) is 11.5 Å². The van der Waals surface area contributed by atoms with Crippen molar-refractivity contribution in [3.05, 3.63) is 24.0 Å². The zero-order chi connectivity index (χ0) is 18.4. The molecule has 0 aliphatic carbocycles. The predicted molar refractivity (Wildman–Crippen MR) is 104 cm³/mol. The fraction of sp³-hybridized carbons (Fsp3) is 0.632. The van der Waals surface area contributed by atoms with Crippen LogP contribution >= 0.6 is 0 Å². The summed E-state index contributed by atoms with van der Waals surface area (Å²) in [5.74, 6) is 3.26. The van der Waals surface area contributed by atoms with Gasteiger partial charge in [-0.15, -0.1) is 5.54 Å². The third-order valence-corrected chi connectivity index (χ3v) is 10.2. The van der Waals surface area contributed by atoms with Gasteiger partial charge >= 0.3 is 7.12 Å². The molecule has 0 atom stereocenters. The molecular formula is C19H30BNO2Si. The van der Waals surface area contributed by atoms with Gasteiger partial charge in [-0.3, -0.25) is 0 Å². The fourth-order valence-electron chi connectivity index (χ4n) is 2.01. The van der Waals surface area contributed by atoms with Crippen molar-refractivity contribution in [3.63, 3.8) is 0 Å². The van der Waals surface area contributed by atoms with Crippen molar-refractivity contribution in [2.45, 2.75) is 77.8 Å². The maximum absolute atomic E-state index is 6.06. The van der Waals surface area contributed by atoms with Gasteiger partial charge < -0.3 is 9.31 Å². The van der Waals surface area contributed by atoms with Crippen molar-refractivity contribution in [1.82, 2.24) is 4.98 Å². The Kier molecular flexibility index (Phi) is 4.82. The summed E-state index contributed by atoms with van der Waals surface area (Å²) in [4.78, 5) is 4.49. The van der Waals surface area contributed by atoms with Gasteiger partial charge in [-0.25, -0.2) is 4.98 Å². The first-order chi connectivity index (χ1) is 10.8. The molecule has 0 saturated carbocycles. The maximum atomic E-state index is 6.06. The second-order valence-corrected chi connectivity index (χ2v) is 14.2. The Morgan fingerprint density at radius 1 is 1.04 bits per heavy atom. The van der Waals surface area contributed by atoms with E-state index in [1.54, 1.807) is 0 Å². The van der Waals surface area contributed by atoms with Gasteiger partial charge in [-0.2, -0.15) is 0 Å². The first-order valence-electron chi connectivity index (χ1n) is 8.60. The van der Waals surface area contributed by atoms with Gasteiger partial charge in [0.15, 0.2) is 0 Å². The van der Waals surface area contributed by atoms with E-state index < -0.39 is 8.07 Å². The molecule has 0 bridgehead atoms. The minimum atomic E-state index is -1.62. The zero-order valence-corrected chi connectivity index (χ0v) is 17.6. The minimum absolute atomic E-state index is 0.253. The second kappa shape index (κ2) is 6.02. The van der Waals surface area contributed by atoms with Crippen molar-refractivity contribution in [2.75, 3.05) is 0 Å². The Bertz CT molecular complexity index is 647. The van der Waals surface area contributed by atoms with Gasteiger partial charge in [0.1, 0.15) is 13.8 Å². The first-order valence-corrected chi connectivity index (χ1v) is 11.6. The van der Waals surface area contributed by atoms with E-state index >= 15 is 0 Å². The van der Waals surface area contributed by atoms with Gasteiger partial charge in [0.25, 0.3) is 0 Å². The number of nitrogens with zero attached hydrogens (tertiary/aromatic N) is 1. The van der Waals surface area contributed by atoms with Crippen LogP contribution in [0.25, 0.3) is 0 Å². The normalized spacial score (nSPS) is 19.8. The number of hydrogen-bond acceptors (Lipinski definition) is 3. The Morgan fingerprint density at radius 3 is 2.00 bits per heavy atom. The SMILES string of the molecule is CC1(C)OB(c2ccc(C#C[Si](C)(C)C(C)(C)C)nc2)OC1(C)C. The van der Waals surface area contributed by atoms with Gasteiger partial charge in [0, 0.05) is 11.7 Å². The summed E-state index contributed by atoms with van der Waals surface area (Å²) < 4.78 is 12.1. The Balaban J connectivity index is 2.16. The van der Waals surface area contributed by atoms with E-state index in [9.17, 15) is 0 Å². The van der Waals surface area contributed by atoms with Crippen LogP contribution in [0.5, 0.6) is 0 Å². The lowest BCUT2D eigenvalue weighted by Crippen LogP contribution is -2.41. The summed E-state index contributed by atoms with van der Waals surface area (Å²) in [7, 11) is -1.99. The molecule has 1 aromatic heterocycles. The van der Waals surface area contributed by atoms with Gasteiger partial charge in [0.2, 0.25) is 0 Å². The molecule has 1 aliphatic rings. The molecular weight excluding hydrogens is 313 g/mol. The summed E-state index contributed by atoms with van der Waals surface area (Å²) in [6.07, 6.45) is 1.82.